The second-order valence-electron chi connectivity index (χ2n) is 6.79. The summed E-state index contributed by atoms with van der Waals surface area (Å²) in [6, 6.07) is 4.35. The minimum Gasteiger partial charge on any atom is -0.358 e. The number of hydrogen-bond donors (Lipinski definition) is 2. The van der Waals surface area contributed by atoms with Gasteiger partial charge in [-0.1, -0.05) is 19.1 Å². The number of hydrogen-bond acceptors (Lipinski definition) is 2. The second kappa shape index (κ2) is 7.13. The number of aromatic nitrogens is 3. The smallest absolute Gasteiger partial charge is 0.224 e. The Hall–Kier alpha value is -2.56. The van der Waals surface area contributed by atoms with Crippen LogP contribution in [-0.2, 0) is 17.8 Å². The van der Waals surface area contributed by atoms with Gasteiger partial charge in [-0.2, -0.15) is 0 Å². The van der Waals surface area contributed by atoms with Crippen molar-refractivity contribution in [2.45, 2.75) is 53.1 Å². The van der Waals surface area contributed by atoms with Crippen molar-refractivity contribution in [2.75, 3.05) is 0 Å². The number of carbonyl (C=O) groups excluding carboxylic acids is 1. The third-order valence-corrected chi connectivity index (χ3v) is 4.87. The number of nitrogens with zero attached hydrogens (tertiary/aromatic N) is 2. The summed E-state index contributed by atoms with van der Waals surface area (Å²) in [6.45, 7) is 9.08. The maximum atomic E-state index is 12.7. The van der Waals surface area contributed by atoms with Gasteiger partial charge in [0.2, 0.25) is 5.91 Å². The van der Waals surface area contributed by atoms with Gasteiger partial charge in [-0.25, -0.2) is 4.98 Å². The van der Waals surface area contributed by atoms with Gasteiger partial charge in [-0.05, 0) is 43.9 Å². The largest absolute Gasteiger partial charge is 0.358 e. The zero-order chi connectivity index (χ0) is 18.0. The first-order chi connectivity index (χ1) is 12.0. The Bertz CT molecular complexity index is 877. The summed E-state index contributed by atoms with van der Waals surface area (Å²) in [4.78, 5) is 20.2. The maximum absolute atomic E-state index is 12.7. The molecule has 0 aliphatic rings. The quantitative estimate of drug-likeness (QED) is 0.723. The summed E-state index contributed by atoms with van der Waals surface area (Å²) in [6.07, 6.45) is 6.75. The molecule has 0 saturated heterocycles. The molecule has 0 spiro atoms. The third kappa shape index (κ3) is 3.60. The number of aromatic amines is 1. The number of benzene rings is 1. The fraction of sp³-hybridized carbons (Fsp3) is 0.400. The zero-order valence-corrected chi connectivity index (χ0v) is 15.4. The van der Waals surface area contributed by atoms with E-state index in [0.717, 1.165) is 29.7 Å². The van der Waals surface area contributed by atoms with Crippen LogP contribution in [0, 0.1) is 20.8 Å². The summed E-state index contributed by atoms with van der Waals surface area (Å²) in [5, 5.41) is 4.36. The van der Waals surface area contributed by atoms with Gasteiger partial charge >= 0.3 is 0 Å². The Morgan fingerprint density at radius 1 is 1.28 bits per heavy atom. The SMILES string of the molecule is CC[C@H](Cn1ccnc1)NC(=O)Cc1c(C)[nH]c2c(C)ccc(C)c12. The Balaban J connectivity index is 1.77. The number of imidazole rings is 1. The van der Waals surface area contributed by atoms with Crippen LogP contribution in [0.4, 0.5) is 0 Å². The summed E-state index contributed by atoms with van der Waals surface area (Å²) >= 11 is 0. The standard InChI is InChI=1S/C20H26N4O/c1-5-16(11-24-9-8-21-12-24)23-18(25)10-17-15(4)22-20-14(3)7-6-13(2)19(17)20/h6-9,12,16,22H,5,10-11H2,1-4H3,(H,23,25)/t16-/m1/s1. The molecule has 2 aromatic heterocycles. The van der Waals surface area contributed by atoms with Crippen molar-refractivity contribution in [3.63, 3.8) is 0 Å². The van der Waals surface area contributed by atoms with E-state index < -0.39 is 0 Å². The third-order valence-electron chi connectivity index (χ3n) is 4.87. The lowest BCUT2D eigenvalue weighted by Gasteiger charge is -2.17. The second-order valence-corrected chi connectivity index (χ2v) is 6.79. The van der Waals surface area contributed by atoms with E-state index in [1.165, 1.54) is 16.5 Å². The van der Waals surface area contributed by atoms with E-state index in [1.54, 1.807) is 12.5 Å². The van der Waals surface area contributed by atoms with Gasteiger partial charge in [-0.15, -0.1) is 0 Å². The van der Waals surface area contributed by atoms with E-state index in [-0.39, 0.29) is 11.9 Å². The predicted molar refractivity (Wildman–Crippen MR) is 101 cm³/mol. The van der Waals surface area contributed by atoms with Gasteiger partial charge in [-0.3, -0.25) is 4.79 Å². The molecule has 0 saturated carbocycles. The van der Waals surface area contributed by atoms with Crippen LogP contribution in [-0.4, -0.2) is 26.5 Å². The Morgan fingerprint density at radius 2 is 2.04 bits per heavy atom. The molecule has 3 aromatic rings. The fourth-order valence-electron chi connectivity index (χ4n) is 3.40. The number of rotatable bonds is 6. The first-order valence-corrected chi connectivity index (χ1v) is 8.82. The van der Waals surface area contributed by atoms with Crippen LogP contribution in [0.2, 0.25) is 0 Å². The van der Waals surface area contributed by atoms with Crippen LogP contribution in [0.1, 0.15) is 35.7 Å². The first kappa shape index (κ1) is 17.3. The molecule has 3 rings (SSSR count). The maximum Gasteiger partial charge on any atom is 0.224 e. The monoisotopic (exact) mass is 338 g/mol. The molecule has 0 bridgehead atoms. The highest BCUT2D eigenvalue weighted by atomic mass is 16.1. The van der Waals surface area contributed by atoms with E-state index >= 15 is 0 Å². The van der Waals surface area contributed by atoms with Crippen molar-refractivity contribution < 1.29 is 4.79 Å². The molecule has 1 amide bonds. The highest BCUT2D eigenvalue weighted by Gasteiger charge is 2.17. The zero-order valence-electron chi connectivity index (χ0n) is 15.4. The summed E-state index contributed by atoms with van der Waals surface area (Å²) in [7, 11) is 0. The van der Waals surface area contributed by atoms with Crippen molar-refractivity contribution in [2.24, 2.45) is 0 Å². The highest BCUT2D eigenvalue weighted by Crippen LogP contribution is 2.28. The summed E-state index contributed by atoms with van der Waals surface area (Å²) in [5.74, 6) is 0.0665. The average molecular weight is 338 g/mol. The molecule has 1 aromatic carbocycles. The molecule has 2 heterocycles. The minimum absolute atomic E-state index is 0.0665. The number of aryl methyl sites for hydroxylation is 3. The molecular formula is C20H26N4O. The van der Waals surface area contributed by atoms with Crippen molar-refractivity contribution >= 4 is 16.8 Å². The molecule has 25 heavy (non-hydrogen) atoms. The van der Waals surface area contributed by atoms with Gasteiger partial charge in [0, 0.05) is 41.6 Å². The number of nitrogens with one attached hydrogen (secondary N) is 2. The van der Waals surface area contributed by atoms with Crippen LogP contribution in [0.5, 0.6) is 0 Å². The van der Waals surface area contributed by atoms with Crippen LogP contribution < -0.4 is 5.32 Å². The normalized spacial score (nSPS) is 12.5. The molecule has 1 atom stereocenters. The molecule has 5 nitrogen and oxygen atoms in total. The van der Waals surface area contributed by atoms with Gasteiger partial charge in [0.15, 0.2) is 0 Å². The van der Waals surface area contributed by atoms with Gasteiger partial charge in [0.05, 0.1) is 12.7 Å². The Morgan fingerprint density at radius 3 is 2.72 bits per heavy atom. The van der Waals surface area contributed by atoms with Crippen LogP contribution in [0.25, 0.3) is 10.9 Å². The number of amides is 1. The van der Waals surface area contributed by atoms with Gasteiger partial charge < -0.3 is 14.9 Å². The number of H-pyrrole nitrogens is 1. The van der Waals surface area contributed by atoms with E-state index in [1.807, 2.05) is 17.7 Å². The van der Waals surface area contributed by atoms with E-state index in [9.17, 15) is 4.79 Å². The first-order valence-electron chi connectivity index (χ1n) is 8.82. The molecule has 0 unspecified atom stereocenters. The van der Waals surface area contributed by atoms with Crippen molar-refractivity contribution in [3.8, 4) is 0 Å². The number of fused-ring (bicyclic) bond motifs is 1. The van der Waals surface area contributed by atoms with E-state index in [2.05, 4.69) is 48.2 Å². The highest BCUT2D eigenvalue weighted by molar-refractivity contribution is 5.93. The van der Waals surface area contributed by atoms with Crippen LogP contribution in [0.15, 0.2) is 30.9 Å². The molecule has 0 fully saturated rings. The average Bonchev–Trinajstić information content (AvgIpc) is 3.19. The topological polar surface area (TPSA) is 62.7 Å². The number of carbonyl (C=O) groups is 1. The van der Waals surface area contributed by atoms with Gasteiger partial charge in [0.1, 0.15) is 0 Å². The van der Waals surface area contributed by atoms with Crippen molar-refractivity contribution in [1.29, 1.82) is 0 Å². The minimum atomic E-state index is 0.0665. The van der Waals surface area contributed by atoms with Crippen LogP contribution in [0.3, 0.4) is 0 Å². The molecule has 2 N–H and O–H groups in total. The molecular weight excluding hydrogens is 312 g/mol. The Kier molecular flexibility index (Phi) is 4.93. The lowest BCUT2D eigenvalue weighted by molar-refractivity contribution is -0.121. The van der Waals surface area contributed by atoms with Gasteiger partial charge in [0.25, 0.3) is 0 Å². The van der Waals surface area contributed by atoms with E-state index in [0.29, 0.717) is 6.42 Å². The molecule has 132 valence electrons. The van der Waals surface area contributed by atoms with Crippen LogP contribution >= 0.6 is 0 Å². The van der Waals surface area contributed by atoms with Crippen molar-refractivity contribution in [1.82, 2.24) is 19.9 Å². The summed E-state index contributed by atoms with van der Waals surface area (Å²) in [5.41, 5.74) is 5.74. The fourth-order valence-corrected chi connectivity index (χ4v) is 3.40. The lowest BCUT2D eigenvalue weighted by Crippen LogP contribution is -2.38. The molecule has 0 radical (unpaired) electrons. The predicted octanol–water partition coefficient (Wildman–Crippen LogP) is 3.43. The van der Waals surface area contributed by atoms with E-state index in [4.69, 9.17) is 0 Å². The molecule has 0 aliphatic heterocycles. The molecule has 5 heteroatoms. The summed E-state index contributed by atoms with van der Waals surface area (Å²) < 4.78 is 2.00. The Labute approximate surface area is 148 Å². The lowest BCUT2D eigenvalue weighted by atomic mass is 10.0. The molecule has 0 aliphatic carbocycles. The van der Waals surface area contributed by atoms with Crippen molar-refractivity contribution in [3.05, 3.63) is 53.2 Å².